The second-order valence-corrected chi connectivity index (χ2v) is 6.75. The molecule has 0 aliphatic heterocycles. The summed E-state index contributed by atoms with van der Waals surface area (Å²) in [5.41, 5.74) is 1.13. The lowest BCUT2D eigenvalue weighted by atomic mass is 10.1. The Hall–Kier alpha value is -2.20. The van der Waals surface area contributed by atoms with Crippen LogP contribution in [0.3, 0.4) is 0 Å². The third kappa shape index (κ3) is 4.63. The zero-order valence-corrected chi connectivity index (χ0v) is 13.6. The van der Waals surface area contributed by atoms with E-state index in [-0.39, 0.29) is 17.1 Å². The molecule has 1 N–H and O–H groups in total. The van der Waals surface area contributed by atoms with Gasteiger partial charge in [0.25, 0.3) is 0 Å². The lowest BCUT2D eigenvalue weighted by molar-refractivity contribution is 0.174. The summed E-state index contributed by atoms with van der Waals surface area (Å²) in [5, 5.41) is 9.09. The maximum atomic E-state index is 12.6. The van der Waals surface area contributed by atoms with Crippen molar-refractivity contribution in [2.75, 3.05) is 13.7 Å². The average Bonchev–Trinajstić information content (AvgIpc) is 2.55. The predicted octanol–water partition coefficient (Wildman–Crippen LogP) is 2.09. The van der Waals surface area contributed by atoms with E-state index in [2.05, 4.69) is 4.72 Å². The number of nitrogens with one attached hydrogen (secondary N) is 1. The minimum Gasteiger partial charge on any atom is -0.383 e. The molecule has 0 spiro atoms. The first-order valence-corrected chi connectivity index (χ1v) is 8.59. The molecule has 5 nitrogen and oxygen atoms in total. The van der Waals surface area contributed by atoms with E-state index in [4.69, 9.17) is 10.00 Å². The van der Waals surface area contributed by atoms with Crippen LogP contribution in [0.4, 0.5) is 0 Å². The Kier molecular flexibility index (Phi) is 5.88. The Labute approximate surface area is 136 Å². The highest BCUT2D eigenvalue weighted by atomic mass is 32.2. The maximum absolute atomic E-state index is 12.6. The molecule has 120 valence electrons. The highest BCUT2D eigenvalue weighted by Gasteiger charge is 2.23. The molecular weight excluding hydrogens is 312 g/mol. The molecule has 0 radical (unpaired) electrons. The van der Waals surface area contributed by atoms with E-state index in [0.29, 0.717) is 6.42 Å². The number of rotatable bonds is 7. The second-order valence-electron chi connectivity index (χ2n) is 5.07. The normalized spacial score (nSPS) is 12.5. The van der Waals surface area contributed by atoms with Gasteiger partial charge in [-0.15, -0.1) is 0 Å². The van der Waals surface area contributed by atoms with Crippen LogP contribution in [-0.4, -0.2) is 28.2 Å². The molecule has 2 aromatic carbocycles. The molecule has 0 saturated heterocycles. The Morgan fingerprint density at radius 1 is 1.13 bits per heavy atom. The van der Waals surface area contributed by atoms with E-state index in [1.54, 1.807) is 12.1 Å². The number of benzene rings is 2. The molecule has 23 heavy (non-hydrogen) atoms. The SMILES string of the molecule is COCC(Cc1ccccc1)NS(=O)(=O)c1ccccc1C#N. The van der Waals surface area contributed by atoms with Crippen molar-refractivity contribution in [3.63, 3.8) is 0 Å². The van der Waals surface area contributed by atoms with E-state index in [1.807, 2.05) is 36.4 Å². The Bertz CT molecular complexity index is 783. The number of nitrogens with zero attached hydrogens (tertiary/aromatic N) is 1. The van der Waals surface area contributed by atoms with Crippen LogP contribution in [0.5, 0.6) is 0 Å². The van der Waals surface area contributed by atoms with Gasteiger partial charge in [-0.3, -0.25) is 0 Å². The van der Waals surface area contributed by atoms with Gasteiger partial charge in [0.2, 0.25) is 10.0 Å². The topological polar surface area (TPSA) is 79.2 Å². The molecule has 1 unspecified atom stereocenters. The predicted molar refractivity (Wildman–Crippen MR) is 87.3 cm³/mol. The van der Waals surface area contributed by atoms with E-state index in [1.165, 1.54) is 19.2 Å². The van der Waals surface area contributed by atoms with Gasteiger partial charge < -0.3 is 4.74 Å². The summed E-state index contributed by atoms with van der Waals surface area (Å²) >= 11 is 0. The molecule has 0 fully saturated rings. The highest BCUT2D eigenvalue weighted by Crippen LogP contribution is 2.15. The van der Waals surface area contributed by atoms with Gasteiger partial charge in [0, 0.05) is 13.2 Å². The van der Waals surface area contributed by atoms with Crippen LogP contribution in [0.2, 0.25) is 0 Å². The van der Waals surface area contributed by atoms with Crippen molar-refractivity contribution in [1.29, 1.82) is 5.26 Å². The zero-order chi connectivity index (χ0) is 16.7. The van der Waals surface area contributed by atoms with Crippen LogP contribution in [-0.2, 0) is 21.2 Å². The van der Waals surface area contributed by atoms with Crippen LogP contribution < -0.4 is 4.72 Å². The smallest absolute Gasteiger partial charge is 0.242 e. The minimum atomic E-state index is -3.80. The summed E-state index contributed by atoms with van der Waals surface area (Å²) in [6.07, 6.45) is 0.503. The first kappa shape index (κ1) is 17.2. The van der Waals surface area contributed by atoms with Crippen molar-refractivity contribution >= 4 is 10.0 Å². The van der Waals surface area contributed by atoms with Gasteiger partial charge in [0.1, 0.15) is 6.07 Å². The minimum absolute atomic E-state index is 0.0170. The molecule has 0 aliphatic carbocycles. The van der Waals surface area contributed by atoms with Crippen LogP contribution in [0, 0.1) is 11.3 Å². The lowest BCUT2D eigenvalue weighted by Gasteiger charge is -2.18. The second kappa shape index (κ2) is 7.88. The largest absolute Gasteiger partial charge is 0.383 e. The monoisotopic (exact) mass is 330 g/mol. The number of ether oxygens (including phenoxy) is 1. The third-order valence-electron chi connectivity index (χ3n) is 3.31. The van der Waals surface area contributed by atoms with Crippen molar-refractivity contribution in [3.05, 3.63) is 65.7 Å². The zero-order valence-electron chi connectivity index (χ0n) is 12.8. The maximum Gasteiger partial charge on any atom is 0.242 e. The summed E-state index contributed by atoms with van der Waals surface area (Å²) in [7, 11) is -2.27. The van der Waals surface area contributed by atoms with Gasteiger partial charge in [0.15, 0.2) is 0 Å². The molecular formula is C17H18N2O3S. The van der Waals surface area contributed by atoms with Gasteiger partial charge >= 0.3 is 0 Å². The summed E-state index contributed by atoms with van der Waals surface area (Å²) in [6.45, 7) is 0.239. The summed E-state index contributed by atoms with van der Waals surface area (Å²) in [4.78, 5) is -0.0170. The highest BCUT2D eigenvalue weighted by molar-refractivity contribution is 7.89. The lowest BCUT2D eigenvalue weighted by Crippen LogP contribution is -2.39. The third-order valence-corrected chi connectivity index (χ3v) is 4.89. The average molecular weight is 330 g/mol. The van der Waals surface area contributed by atoms with E-state index in [0.717, 1.165) is 5.56 Å². The van der Waals surface area contributed by atoms with Crippen molar-refractivity contribution in [1.82, 2.24) is 4.72 Å². The quantitative estimate of drug-likeness (QED) is 0.843. The molecule has 0 heterocycles. The molecule has 0 saturated carbocycles. The van der Waals surface area contributed by atoms with Gasteiger partial charge in [-0.25, -0.2) is 13.1 Å². The molecule has 0 aromatic heterocycles. The molecule has 0 bridgehead atoms. The fourth-order valence-electron chi connectivity index (χ4n) is 2.31. The van der Waals surface area contributed by atoms with Gasteiger partial charge in [0.05, 0.1) is 17.1 Å². The van der Waals surface area contributed by atoms with Crippen LogP contribution in [0.1, 0.15) is 11.1 Å². The number of nitriles is 1. The molecule has 1 atom stereocenters. The number of methoxy groups -OCH3 is 1. The van der Waals surface area contributed by atoms with Crippen molar-refractivity contribution < 1.29 is 13.2 Å². The van der Waals surface area contributed by atoms with Crippen LogP contribution in [0.25, 0.3) is 0 Å². The fourth-order valence-corrected chi connectivity index (χ4v) is 3.69. The summed E-state index contributed by atoms with van der Waals surface area (Å²) < 4.78 is 32.9. The van der Waals surface area contributed by atoms with Gasteiger partial charge in [-0.1, -0.05) is 42.5 Å². The molecule has 2 aromatic rings. The van der Waals surface area contributed by atoms with Gasteiger partial charge in [-0.05, 0) is 24.1 Å². The summed E-state index contributed by atoms with van der Waals surface area (Å²) in [6, 6.07) is 17.2. The molecule has 0 aliphatic rings. The standard InChI is InChI=1S/C17H18N2O3S/c1-22-13-16(11-14-7-3-2-4-8-14)19-23(20,21)17-10-6-5-9-15(17)12-18/h2-10,16,19H,11,13H2,1H3. The Balaban J connectivity index is 2.23. The first-order chi connectivity index (χ1) is 11.1. The number of sulfonamides is 1. The fraction of sp³-hybridized carbons (Fsp3) is 0.235. The van der Waals surface area contributed by atoms with Crippen LogP contribution in [0.15, 0.2) is 59.5 Å². The molecule has 6 heteroatoms. The Morgan fingerprint density at radius 2 is 1.78 bits per heavy atom. The number of hydrogen-bond acceptors (Lipinski definition) is 4. The number of hydrogen-bond donors (Lipinski definition) is 1. The van der Waals surface area contributed by atoms with E-state index < -0.39 is 16.1 Å². The van der Waals surface area contributed by atoms with Crippen molar-refractivity contribution in [2.45, 2.75) is 17.4 Å². The van der Waals surface area contributed by atoms with Gasteiger partial charge in [-0.2, -0.15) is 5.26 Å². The first-order valence-electron chi connectivity index (χ1n) is 7.11. The van der Waals surface area contributed by atoms with Crippen molar-refractivity contribution in [3.8, 4) is 6.07 Å². The van der Waals surface area contributed by atoms with Crippen LogP contribution >= 0.6 is 0 Å². The van der Waals surface area contributed by atoms with E-state index in [9.17, 15) is 8.42 Å². The van der Waals surface area contributed by atoms with Crippen molar-refractivity contribution in [2.24, 2.45) is 0 Å². The molecule has 0 amide bonds. The Morgan fingerprint density at radius 3 is 2.43 bits per heavy atom. The van der Waals surface area contributed by atoms with E-state index >= 15 is 0 Å². The molecule has 2 rings (SSSR count). The summed E-state index contributed by atoms with van der Waals surface area (Å²) in [5.74, 6) is 0.